The van der Waals surface area contributed by atoms with Gasteiger partial charge in [0.1, 0.15) is 6.10 Å². The Labute approximate surface area is 77.5 Å². The molecular formula is C11H12O2. The first kappa shape index (κ1) is 8.45. The molecule has 1 aliphatic rings. The number of hydrogen-bond acceptors (Lipinski definition) is 2. The van der Waals surface area contributed by atoms with Gasteiger partial charge >= 0.3 is 0 Å². The van der Waals surface area contributed by atoms with Gasteiger partial charge in [-0.15, -0.1) is 0 Å². The highest BCUT2D eigenvalue weighted by atomic mass is 16.5. The summed E-state index contributed by atoms with van der Waals surface area (Å²) < 4.78 is 5.31. The van der Waals surface area contributed by atoms with Gasteiger partial charge in [-0.2, -0.15) is 0 Å². The van der Waals surface area contributed by atoms with E-state index in [0.29, 0.717) is 6.61 Å². The maximum Gasteiger partial charge on any atom is 0.191 e. The van der Waals surface area contributed by atoms with E-state index in [0.717, 1.165) is 16.7 Å². The third-order valence-electron chi connectivity index (χ3n) is 2.39. The number of ether oxygens (including phenoxy) is 1. The predicted molar refractivity (Wildman–Crippen MR) is 49.8 cm³/mol. The molecule has 1 aromatic rings. The zero-order valence-electron chi connectivity index (χ0n) is 7.83. The molecule has 2 rings (SSSR count). The summed E-state index contributed by atoms with van der Waals surface area (Å²) in [6, 6.07) is 5.91. The van der Waals surface area contributed by atoms with Crippen molar-refractivity contribution >= 4 is 5.78 Å². The largest absolute Gasteiger partial charge is 0.366 e. The smallest absolute Gasteiger partial charge is 0.191 e. The molecule has 0 spiro atoms. The van der Waals surface area contributed by atoms with Gasteiger partial charge in [0.05, 0.1) is 6.61 Å². The van der Waals surface area contributed by atoms with Crippen molar-refractivity contribution in [2.24, 2.45) is 0 Å². The number of hydrogen-bond donors (Lipinski definition) is 0. The SMILES string of the molecule is Cc1ccc2c(c1)C(=O)C(C)OC2. The van der Waals surface area contributed by atoms with Gasteiger partial charge < -0.3 is 4.74 Å². The molecule has 0 aromatic heterocycles. The van der Waals surface area contributed by atoms with Crippen LogP contribution in [0.2, 0.25) is 0 Å². The minimum absolute atomic E-state index is 0.102. The summed E-state index contributed by atoms with van der Waals surface area (Å²) >= 11 is 0. The van der Waals surface area contributed by atoms with Gasteiger partial charge in [-0.3, -0.25) is 4.79 Å². The number of Topliss-reactive ketones (excluding diaryl/α,β-unsaturated/α-hetero) is 1. The molecule has 1 atom stereocenters. The average Bonchev–Trinajstić information content (AvgIpc) is 2.12. The Hall–Kier alpha value is -1.15. The lowest BCUT2D eigenvalue weighted by Gasteiger charge is -2.21. The summed E-state index contributed by atoms with van der Waals surface area (Å²) in [5.41, 5.74) is 2.97. The van der Waals surface area contributed by atoms with Gasteiger partial charge in [-0.1, -0.05) is 17.7 Å². The highest BCUT2D eigenvalue weighted by molar-refractivity contribution is 6.01. The van der Waals surface area contributed by atoms with Crippen molar-refractivity contribution in [2.75, 3.05) is 0 Å². The van der Waals surface area contributed by atoms with Crippen LogP contribution in [0.1, 0.15) is 28.4 Å². The molecule has 0 fully saturated rings. The predicted octanol–water partition coefficient (Wildman–Crippen LogP) is 2.10. The molecule has 1 unspecified atom stereocenters. The summed E-state index contributed by atoms with van der Waals surface area (Å²) in [7, 11) is 0. The van der Waals surface area contributed by atoms with Crippen molar-refractivity contribution < 1.29 is 9.53 Å². The maximum atomic E-state index is 11.6. The van der Waals surface area contributed by atoms with E-state index < -0.39 is 0 Å². The molecule has 1 aromatic carbocycles. The number of benzene rings is 1. The van der Waals surface area contributed by atoms with Gasteiger partial charge in [0.2, 0.25) is 0 Å². The van der Waals surface area contributed by atoms with Crippen LogP contribution in [-0.4, -0.2) is 11.9 Å². The van der Waals surface area contributed by atoms with Gasteiger partial charge in [-0.25, -0.2) is 0 Å². The topological polar surface area (TPSA) is 26.3 Å². The second-order valence-electron chi connectivity index (χ2n) is 3.48. The fraction of sp³-hybridized carbons (Fsp3) is 0.364. The van der Waals surface area contributed by atoms with Crippen molar-refractivity contribution in [1.29, 1.82) is 0 Å². The Morgan fingerprint density at radius 3 is 3.00 bits per heavy atom. The summed E-state index contributed by atoms with van der Waals surface area (Å²) in [6.45, 7) is 4.35. The van der Waals surface area contributed by atoms with E-state index in [2.05, 4.69) is 0 Å². The zero-order valence-corrected chi connectivity index (χ0v) is 7.83. The Balaban J connectivity index is 2.51. The number of carbonyl (C=O) groups excluding carboxylic acids is 1. The van der Waals surface area contributed by atoms with E-state index >= 15 is 0 Å². The summed E-state index contributed by atoms with van der Waals surface area (Å²) in [6.07, 6.45) is -0.283. The Morgan fingerprint density at radius 2 is 2.23 bits per heavy atom. The molecule has 0 bridgehead atoms. The van der Waals surface area contributed by atoms with Crippen LogP contribution in [0.3, 0.4) is 0 Å². The number of ketones is 1. The standard InChI is InChI=1S/C11H12O2/c1-7-3-4-9-6-13-8(2)11(12)10(9)5-7/h3-5,8H,6H2,1-2H3. The third kappa shape index (κ3) is 1.38. The summed E-state index contributed by atoms with van der Waals surface area (Å²) in [5.74, 6) is 0.102. The molecule has 0 aliphatic carbocycles. The van der Waals surface area contributed by atoms with Crippen molar-refractivity contribution in [3.8, 4) is 0 Å². The lowest BCUT2D eigenvalue weighted by Crippen LogP contribution is -2.27. The van der Waals surface area contributed by atoms with Crippen LogP contribution in [0.25, 0.3) is 0 Å². The van der Waals surface area contributed by atoms with Crippen LogP contribution in [0.4, 0.5) is 0 Å². The van der Waals surface area contributed by atoms with Crippen LogP contribution in [-0.2, 0) is 11.3 Å². The quantitative estimate of drug-likeness (QED) is 0.605. The van der Waals surface area contributed by atoms with E-state index in [9.17, 15) is 4.79 Å². The first-order valence-corrected chi connectivity index (χ1v) is 4.44. The molecule has 2 nitrogen and oxygen atoms in total. The van der Waals surface area contributed by atoms with Gasteiger partial charge in [0.25, 0.3) is 0 Å². The number of carbonyl (C=O) groups is 1. The second-order valence-corrected chi connectivity index (χ2v) is 3.48. The third-order valence-corrected chi connectivity index (χ3v) is 2.39. The lowest BCUT2D eigenvalue weighted by atomic mass is 9.97. The van der Waals surface area contributed by atoms with Crippen molar-refractivity contribution in [3.63, 3.8) is 0 Å². The first-order chi connectivity index (χ1) is 6.18. The molecule has 0 saturated heterocycles. The number of rotatable bonds is 0. The van der Waals surface area contributed by atoms with Crippen LogP contribution < -0.4 is 0 Å². The molecular weight excluding hydrogens is 164 g/mol. The summed E-state index contributed by atoms with van der Waals surface area (Å²) in [4.78, 5) is 11.6. The number of fused-ring (bicyclic) bond motifs is 1. The van der Waals surface area contributed by atoms with E-state index in [1.165, 1.54) is 0 Å². The number of aryl methyl sites for hydroxylation is 1. The fourth-order valence-corrected chi connectivity index (χ4v) is 1.55. The van der Waals surface area contributed by atoms with Crippen LogP contribution in [0.5, 0.6) is 0 Å². The Bertz CT molecular complexity index is 355. The van der Waals surface area contributed by atoms with E-state index in [4.69, 9.17) is 4.74 Å². The van der Waals surface area contributed by atoms with Crippen LogP contribution >= 0.6 is 0 Å². The van der Waals surface area contributed by atoms with E-state index in [1.54, 1.807) is 6.92 Å². The van der Waals surface area contributed by atoms with Gasteiger partial charge in [0.15, 0.2) is 5.78 Å². The van der Waals surface area contributed by atoms with Crippen molar-refractivity contribution in [1.82, 2.24) is 0 Å². The van der Waals surface area contributed by atoms with Crippen molar-refractivity contribution in [2.45, 2.75) is 26.6 Å². The van der Waals surface area contributed by atoms with E-state index in [-0.39, 0.29) is 11.9 Å². The van der Waals surface area contributed by atoms with E-state index in [1.807, 2.05) is 25.1 Å². The molecule has 2 heteroatoms. The fourth-order valence-electron chi connectivity index (χ4n) is 1.55. The molecule has 1 heterocycles. The Morgan fingerprint density at radius 1 is 1.46 bits per heavy atom. The summed E-state index contributed by atoms with van der Waals surface area (Å²) in [5, 5.41) is 0. The van der Waals surface area contributed by atoms with Gasteiger partial charge in [-0.05, 0) is 25.5 Å². The maximum absolute atomic E-state index is 11.6. The molecule has 1 aliphatic heterocycles. The molecule has 68 valence electrons. The highest BCUT2D eigenvalue weighted by Gasteiger charge is 2.23. The average molecular weight is 176 g/mol. The second kappa shape index (κ2) is 2.96. The molecule has 0 radical (unpaired) electrons. The Kier molecular flexibility index (Phi) is 1.93. The lowest BCUT2D eigenvalue weighted by molar-refractivity contribution is 0.0336. The zero-order chi connectivity index (χ0) is 9.42. The van der Waals surface area contributed by atoms with Crippen LogP contribution in [0, 0.1) is 6.92 Å². The normalized spacial score (nSPS) is 21.4. The van der Waals surface area contributed by atoms with Crippen molar-refractivity contribution in [3.05, 3.63) is 34.9 Å². The first-order valence-electron chi connectivity index (χ1n) is 4.44. The van der Waals surface area contributed by atoms with Crippen LogP contribution in [0.15, 0.2) is 18.2 Å². The molecule has 13 heavy (non-hydrogen) atoms. The molecule has 0 amide bonds. The molecule has 0 N–H and O–H groups in total. The molecule has 0 saturated carbocycles. The minimum Gasteiger partial charge on any atom is -0.366 e. The minimum atomic E-state index is -0.283. The highest BCUT2D eigenvalue weighted by Crippen LogP contribution is 2.21. The monoisotopic (exact) mass is 176 g/mol. The van der Waals surface area contributed by atoms with Gasteiger partial charge in [0, 0.05) is 5.56 Å².